The highest BCUT2D eigenvalue weighted by Gasteiger charge is 2.26. The van der Waals surface area contributed by atoms with Crippen molar-refractivity contribution in [3.8, 4) is 0 Å². The largest absolute Gasteiger partial charge is 0.481 e. The molecule has 0 aliphatic carbocycles. The van der Waals surface area contributed by atoms with Crippen molar-refractivity contribution in [1.29, 1.82) is 0 Å². The summed E-state index contributed by atoms with van der Waals surface area (Å²) in [5.74, 6) is -1.55. The van der Waals surface area contributed by atoms with Crippen molar-refractivity contribution in [3.63, 3.8) is 0 Å². The van der Waals surface area contributed by atoms with Crippen LogP contribution in [-0.2, 0) is 9.59 Å². The summed E-state index contributed by atoms with van der Waals surface area (Å²) in [7, 11) is 1.64. The number of carboxylic acids is 1. The zero-order valence-electron chi connectivity index (χ0n) is 8.98. The maximum absolute atomic E-state index is 11.5. The number of aliphatic carboxylic acids is 1. The molecule has 4 nitrogen and oxygen atoms in total. The van der Waals surface area contributed by atoms with Crippen molar-refractivity contribution in [1.82, 2.24) is 4.90 Å². The Bertz CT molecular complexity index is 220. The van der Waals surface area contributed by atoms with Gasteiger partial charge in [-0.1, -0.05) is 0 Å². The maximum atomic E-state index is 11.5. The predicted molar refractivity (Wildman–Crippen MR) is 57.4 cm³/mol. The average molecular weight is 219 g/mol. The summed E-state index contributed by atoms with van der Waals surface area (Å²) in [5, 5.41) is 8.66. The van der Waals surface area contributed by atoms with E-state index in [4.69, 9.17) is 5.11 Å². The summed E-state index contributed by atoms with van der Waals surface area (Å²) in [5.41, 5.74) is 0. The molecule has 0 aromatic heterocycles. The fourth-order valence-corrected chi connectivity index (χ4v) is 1.69. The molecule has 0 bridgehead atoms. The lowest BCUT2D eigenvalue weighted by Gasteiger charge is -2.25. The molecule has 0 heterocycles. The average Bonchev–Trinajstić information content (AvgIpc) is 2.14. The smallest absolute Gasteiger partial charge is 0.315 e. The minimum atomic E-state index is -1.07. The lowest BCUT2D eigenvalue weighted by Crippen LogP contribution is -2.41. The van der Waals surface area contributed by atoms with Crippen molar-refractivity contribution in [2.75, 3.05) is 19.1 Å². The molecular formula is C9H17NO3S. The highest BCUT2D eigenvalue weighted by atomic mass is 32.2. The van der Waals surface area contributed by atoms with Crippen LogP contribution in [0.1, 0.15) is 13.8 Å². The summed E-state index contributed by atoms with van der Waals surface area (Å²) >= 11 is 1.63. The highest BCUT2D eigenvalue weighted by molar-refractivity contribution is 7.98. The Morgan fingerprint density at radius 2 is 1.93 bits per heavy atom. The molecule has 2 atom stereocenters. The number of carbonyl (C=O) groups is 2. The fourth-order valence-electron chi connectivity index (χ4n) is 0.981. The Labute approximate surface area is 88.7 Å². The second-order valence-electron chi connectivity index (χ2n) is 3.31. The molecule has 0 radical (unpaired) electrons. The number of amides is 1. The van der Waals surface area contributed by atoms with Gasteiger partial charge in [0.2, 0.25) is 5.91 Å². The van der Waals surface area contributed by atoms with Crippen LogP contribution in [0.5, 0.6) is 0 Å². The van der Waals surface area contributed by atoms with Gasteiger partial charge in [-0.05, 0) is 20.1 Å². The zero-order chi connectivity index (χ0) is 11.3. The van der Waals surface area contributed by atoms with Gasteiger partial charge in [-0.25, -0.2) is 0 Å². The Morgan fingerprint density at radius 1 is 1.43 bits per heavy atom. The SMILES string of the molecule is CSCC(C)N(C)C(=O)C(C)C(=O)O. The zero-order valence-corrected chi connectivity index (χ0v) is 9.80. The van der Waals surface area contributed by atoms with Crippen LogP contribution in [0.25, 0.3) is 0 Å². The molecule has 0 saturated carbocycles. The molecule has 0 rings (SSSR count). The topological polar surface area (TPSA) is 57.6 Å². The van der Waals surface area contributed by atoms with Crippen LogP contribution < -0.4 is 0 Å². The van der Waals surface area contributed by atoms with Crippen molar-refractivity contribution >= 4 is 23.6 Å². The molecule has 1 amide bonds. The molecule has 5 heteroatoms. The predicted octanol–water partition coefficient (Wildman–Crippen LogP) is 0.917. The minimum absolute atomic E-state index is 0.0688. The van der Waals surface area contributed by atoms with Crippen molar-refractivity contribution < 1.29 is 14.7 Å². The van der Waals surface area contributed by atoms with Crippen LogP contribution in [0.2, 0.25) is 0 Å². The van der Waals surface area contributed by atoms with Crippen LogP contribution in [-0.4, -0.2) is 47.0 Å². The number of carboxylic acid groups (broad SMARTS) is 1. The first-order valence-electron chi connectivity index (χ1n) is 4.40. The van der Waals surface area contributed by atoms with Gasteiger partial charge in [0.05, 0.1) is 0 Å². The van der Waals surface area contributed by atoms with Gasteiger partial charge in [0.15, 0.2) is 0 Å². The van der Waals surface area contributed by atoms with Crippen molar-refractivity contribution in [2.45, 2.75) is 19.9 Å². The van der Waals surface area contributed by atoms with Gasteiger partial charge in [-0.15, -0.1) is 0 Å². The van der Waals surface area contributed by atoms with Crippen LogP contribution in [0.3, 0.4) is 0 Å². The van der Waals surface area contributed by atoms with E-state index in [9.17, 15) is 9.59 Å². The van der Waals surface area contributed by atoms with Crippen LogP contribution in [0.4, 0.5) is 0 Å². The molecule has 0 saturated heterocycles. The second-order valence-corrected chi connectivity index (χ2v) is 4.22. The third-order valence-corrected chi connectivity index (χ3v) is 2.97. The van der Waals surface area contributed by atoms with Crippen LogP contribution >= 0.6 is 11.8 Å². The second kappa shape index (κ2) is 5.90. The van der Waals surface area contributed by atoms with Crippen molar-refractivity contribution in [2.24, 2.45) is 5.92 Å². The number of rotatable bonds is 5. The lowest BCUT2D eigenvalue weighted by molar-refractivity contribution is -0.150. The standard InChI is InChI=1S/C9H17NO3S/c1-6(5-14-4)10(3)8(11)7(2)9(12)13/h6-7H,5H2,1-4H3,(H,12,13). The van der Waals surface area contributed by atoms with E-state index in [1.807, 2.05) is 13.2 Å². The molecule has 82 valence electrons. The lowest BCUT2D eigenvalue weighted by atomic mass is 10.1. The summed E-state index contributed by atoms with van der Waals surface area (Å²) in [6.45, 7) is 3.32. The van der Waals surface area contributed by atoms with Gasteiger partial charge in [0.25, 0.3) is 0 Å². The molecule has 0 aliphatic heterocycles. The molecule has 14 heavy (non-hydrogen) atoms. The van der Waals surface area contributed by atoms with E-state index in [1.165, 1.54) is 11.8 Å². The van der Waals surface area contributed by atoms with E-state index < -0.39 is 11.9 Å². The molecule has 2 unspecified atom stereocenters. The molecule has 0 fully saturated rings. The Morgan fingerprint density at radius 3 is 2.29 bits per heavy atom. The summed E-state index contributed by atoms with van der Waals surface area (Å²) in [6, 6.07) is 0.0688. The third kappa shape index (κ3) is 3.57. The number of hydrogen-bond donors (Lipinski definition) is 1. The van der Waals surface area contributed by atoms with E-state index in [1.54, 1.807) is 18.8 Å². The monoisotopic (exact) mass is 219 g/mol. The van der Waals surface area contributed by atoms with Gasteiger partial charge in [0.1, 0.15) is 5.92 Å². The van der Waals surface area contributed by atoms with Gasteiger partial charge < -0.3 is 10.0 Å². The van der Waals surface area contributed by atoms with Crippen LogP contribution in [0.15, 0.2) is 0 Å². The first-order chi connectivity index (χ1) is 6.41. The molecule has 0 aromatic rings. The number of carbonyl (C=O) groups excluding carboxylic acids is 1. The van der Waals surface area contributed by atoms with E-state index in [2.05, 4.69) is 0 Å². The number of nitrogens with zero attached hydrogens (tertiary/aromatic N) is 1. The Hall–Kier alpha value is -0.710. The van der Waals surface area contributed by atoms with Crippen LogP contribution in [0, 0.1) is 5.92 Å². The first kappa shape index (κ1) is 13.3. The summed E-state index contributed by atoms with van der Waals surface area (Å²) in [6.07, 6.45) is 1.95. The van der Waals surface area contributed by atoms with Gasteiger partial charge in [-0.3, -0.25) is 9.59 Å². The maximum Gasteiger partial charge on any atom is 0.315 e. The summed E-state index contributed by atoms with van der Waals surface area (Å²) < 4.78 is 0. The molecule has 0 spiro atoms. The fraction of sp³-hybridized carbons (Fsp3) is 0.778. The summed E-state index contributed by atoms with van der Waals surface area (Å²) in [4.78, 5) is 23.6. The van der Waals surface area contributed by atoms with E-state index in [0.29, 0.717) is 0 Å². The first-order valence-corrected chi connectivity index (χ1v) is 5.79. The normalized spacial score (nSPS) is 14.6. The van der Waals surface area contributed by atoms with E-state index in [-0.39, 0.29) is 11.9 Å². The Balaban J connectivity index is 4.30. The number of hydrogen-bond acceptors (Lipinski definition) is 3. The van der Waals surface area contributed by atoms with Crippen molar-refractivity contribution in [3.05, 3.63) is 0 Å². The molecule has 0 aromatic carbocycles. The Kier molecular flexibility index (Phi) is 5.60. The quantitative estimate of drug-likeness (QED) is 0.698. The highest BCUT2D eigenvalue weighted by Crippen LogP contribution is 2.08. The van der Waals surface area contributed by atoms with Gasteiger partial charge >= 0.3 is 5.97 Å². The molecular weight excluding hydrogens is 202 g/mol. The van der Waals surface area contributed by atoms with Gasteiger partial charge in [-0.2, -0.15) is 11.8 Å². The minimum Gasteiger partial charge on any atom is -0.481 e. The number of thioether (sulfide) groups is 1. The van der Waals surface area contributed by atoms with Gasteiger partial charge in [0, 0.05) is 18.8 Å². The molecule has 1 N–H and O–H groups in total. The molecule has 0 aliphatic rings. The van der Waals surface area contributed by atoms with E-state index >= 15 is 0 Å². The third-order valence-electron chi connectivity index (χ3n) is 2.16. The van der Waals surface area contributed by atoms with E-state index in [0.717, 1.165) is 5.75 Å².